The molecular weight excluding hydrogens is 210 g/mol. The third kappa shape index (κ3) is 4.78. The van der Waals surface area contributed by atoms with Gasteiger partial charge in [-0.05, 0) is 44.4 Å². The van der Waals surface area contributed by atoms with Gasteiger partial charge in [-0.25, -0.2) is 0 Å². The van der Waals surface area contributed by atoms with Crippen LogP contribution >= 0.6 is 0 Å². The second-order valence-corrected chi connectivity index (χ2v) is 4.62. The van der Waals surface area contributed by atoms with E-state index in [1.165, 1.54) is 5.56 Å². The summed E-state index contributed by atoms with van der Waals surface area (Å²) in [5.74, 6) is 0.974. The summed E-state index contributed by atoms with van der Waals surface area (Å²) in [5.41, 5.74) is 1.29. The highest BCUT2D eigenvalue weighted by atomic mass is 16.5. The molecule has 0 aromatic heterocycles. The van der Waals surface area contributed by atoms with Crippen molar-refractivity contribution in [2.24, 2.45) is 0 Å². The van der Waals surface area contributed by atoms with Gasteiger partial charge < -0.3 is 10.1 Å². The number of benzene rings is 1. The molecule has 2 nitrogen and oxygen atoms in total. The van der Waals surface area contributed by atoms with E-state index in [2.05, 4.69) is 51.2 Å². The van der Waals surface area contributed by atoms with Gasteiger partial charge in [0.25, 0.3) is 0 Å². The van der Waals surface area contributed by atoms with E-state index in [0.717, 1.165) is 25.2 Å². The zero-order valence-electron chi connectivity index (χ0n) is 11.5. The minimum Gasteiger partial charge on any atom is -0.494 e. The molecule has 0 radical (unpaired) electrons. The maximum atomic E-state index is 5.65. The lowest BCUT2D eigenvalue weighted by molar-refractivity contribution is 0.316. The van der Waals surface area contributed by atoms with Crippen molar-refractivity contribution in [2.75, 3.05) is 6.61 Å². The van der Waals surface area contributed by atoms with Crippen molar-refractivity contribution in [1.82, 2.24) is 5.32 Å². The summed E-state index contributed by atoms with van der Waals surface area (Å²) in [7, 11) is 0. The molecule has 0 fully saturated rings. The maximum absolute atomic E-state index is 5.65. The van der Waals surface area contributed by atoms with Gasteiger partial charge in [0.2, 0.25) is 0 Å². The highest BCUT2D eigenvalue weighted by molar-refractivity contribution is 5.30. The Morgan fingerprint density at radius 2 is 2.00 bits per heavy atom. The highest BCUT2D eigenvalue weighted by Crippen LogP contribution is 2.19. The van der Waals surface area contributed by atoms with Crippen molar-refractivity contribution < 1.29 is 4.74 Å². The van der Waals surface area contributed by atoms with Crippen molar-refractivity contribution in [3.05, 3.63) is 29.8 Å². The molecule has 0 aliphatic carbocycles. The summed E-state index contributed by atoms with van der Waals surface area (Å²) in [5, 5.41) is 3.57. The standard InChI is InChI=1S/C15H25NO/c1-5-10-17-15-9-7-8-14(11-15)13(4)16-12(3)6-2/h7-9,11-13,16H,5-6,10H2,1-4H3/t12-,13+/m0/s1. The van der Waals surface area contributed by atoms with Crippen molar-refractivity contribution in [3.8, 4) is 5.75 Å². The van der Waals surface area contributed by atoms with Gasteiger partial charge in [0, 0.05) is 12.1 Å². The Morgan fingerprint density at radius 3 is 2.65 bits per heavy atom. The lowest BCUT2D eigenvalue weighted by atomic mass is 10.1. The first-order valence-electron chi connectivity index (χ1n) is 6.66. The Bertz CT molecular complexity index is 324. The molecule has 0 amide bonds. The van der Waals surface area contributed by atoms with E-state index in [4.69, 9.17) is 4.74 Å². The fourth-order valence-corrected chi connectivity index (χ4v) is 1.73. The molecule has 0 heterocycles. The lowest BCUT2D eigenvalue weighted by Gasteiger charge is -2.19. The van der Waals surface area contributed by atoms with E-state index < -0.39 is 0 Å². The molecule has 1 aromatic rings. The molecule has 1 aromatic carbocycles. The molecule has 17 heavy (non-hydrogen) atoms. The summed E-state index contributed by atoms with van der Waals surface area (Å²) in [6.45, 7) is 9.53. The molecule has 2 heteroatoms. The zero-order valence-corrected chi connectivity index (χ0v) is 11.5. The molecule has 0 saturated carbocycles. The van der Waals surface area contributed by atoms with E-state index in [1.807, 2.05) is 6.07 Å². The van der Waals surface area contributed by atoms with Crippen LogP contribution in [0.3, 0.4) is 0 Å². The van der Waals surface area contributed by atoms with Crippen LogP contribution in [0.4, 0.5) is 0 Å². The lowest BCUT2D eigenvalue weighted by Crippen LogP contribution is -2.28. The minimum atomic E-state index is 0.370. The molecule has 2 atom stereocenters. The van der Waals surface area contributed by atoms with E-state index in [1.54, 1.807) is 0 Å². The molecule has 0 bridgehead atoms. The van der Waals surface area contributed by atoms with Crippen LogP contribution in [0.1, 0.15) is 52.1 Å². The number of ether oxygens (including phenoxy) is 1. The van der Waals surface area contributed by atoms with Crippen LogP contribution < -0.4 is 10.1 Å². The summed E-state index contributed by atoms with van der Waals surface area (Å²) in [4.78, 5) is 0. The molecule has 0 saturated heterocycles. The van der Waals surface area contributed by atoms with Gasteiger partial charge in [0.1, 0.15) is 5.75 Å². The zero-order chi connectivity index (χ0) is 12.7. The molecule has 96 valence electrons. The summed E-state index contributed by atoms with van der Waals surface area (Å²) >= 11 is 0. The molecule has 0 aliphatic heterocycles. The van der Waals surface area contributed by atoms with Gasteiger partial charge in [-0.1, -0.05) is 26.0 Å². The van der Waals surface area contributed by atoms with Crippen LogP contribution in [-0.2, 0) is 0 Å². The van der Waals surface area contributed by atoms with Crippen LogP contribution in [0.15, 0.2) is 24.3 Å². The van der Waals surface area contributed by atoms with Crippen LogP contribution in [0.25, 0.3) is 0 Å². The van der Waals surface area contributed by atoms with Crippen molar-refractivity contribution >= 4 is 0 Å². The predicted molar refractivity (Wildman–Crippen MR) is 73.5 cm³/mol. The molecule has 0 spiro atoms. The van der Waals surface area contributed by atoms with Crippen LogP contribution in [0.5, 0.6) is 5.75 Å². The maximum Gasteiger partial charge on any atom is 0.119 e. The van der Waals surface area contributed by atoms with Crippen molar-refractivity contribution in [3.63, 3.8) is 0 Å². The molecule has 0 unspecified atom stereocenters. The van der Waals surface area contributed by atoms with E-state index in [0.29, 0.717) is 12.1 Å². The smallest absolute Gasteiger partial charge is 0.119 e. The SMILES string of the molecule is CCCOc1cccc([C@@H](C)N[C@@H](C)CC)c1. The van der Waals surface area contributed by atoms with Gasteiger partial charge in [-0.3, -0.25) is 0 Å². The first kappa shape index (κ1) is 14.0. The monoisotopic (exact) mass is 235 g/mol. The van der Waals surface area contributed by atoms with Gasteiger partial charge in [0.05, 0.1) is 6.61 Å². The fraction of sp³-hybridized carbons (Fsp3) is 0.600. The van der Waals surface area contributed by atoms with Gasteiger partial charge in [-0.2, -0.15) is 0 Å². The minimum absolute atomic E-state index is 0.370. The Labute approximate surface area is 105 Å². The Kier molecular flexibility index (Phi) is 6.06. The second-order valence-electron chi connectivity index (χ2n) is 4.62. The van der Waals surface area contributed by atoms with Gasteiger partial charge in [-0.15, -0.1) is 0 Å². The second kappa shape index (κ2) is 7.33. The van der Waals surface area contributed by atoms with Crippen LogP contribution in [-0.4, -0.2) is 12.6 Å². The normalized spacial score (nSPS) is 14.4. The van der Waals surface area contributed by atoms with Crippen molar-refractivity contribution in [1.29, 1.82) is 0 Å². The first-order valence-corrected chi connectivity index (χ1v) is 6.66. The average Bonchev–Trinajstić information content (AvgIpc) is 2.36. The number of rotatable bonds is 7. The Hall–Kier alpha value is -1.02. The molecule has 0 aliphatic rings. The largest absolute Gasteiger partial charge is 0.494 e. The number of nitrogens with one attached hydrogen (secondary N) is 1. The van der Waals surface area contributed by atoms with Crippen LogP contribution in [0.2, 0.25) is 0 Å². The molecular formula is C15H25NO. The number of hydrogen-bond donors (Lipinski definition) is 1. The van der Waals surface area contributed by atoms with Crippen LogP contribution in [0, 0.1) is 0 Å². The van der Waals surface area contributed by atoms with E-state index in [-0.39, 0.29) is 0 Å². The van der Waals surface area contributed by atoms with Gasteiger partial charge in [0.15, 0.2) is 0 Å². The summed E-state index contributed by atoms with van der Waals surface area (Å²) < 4.78 is 5.65. The number of hydrogen-bond acceptors (Lipinski definition) is 2. The highest BCUT2D eigenvalue weighted by Gasteiger charge is 2.08. The Morgan fingerprint density at radius 1 is 1.24 bits per heavy atom. The summed E-state index contributed by atoms with van der Waals surface area (Å²) in [6, 6.07) is 9.29. The third-order valence-electron chi connectivity index (χ3n) is 2.98. The van der Waals surface area contributed by atoms with Crippen molar-refractivity contribution in [2.45, 2.75) is 52.6 Å². The Balaban J connectivity index is 2.63. The predicted octanol–water partition coefficient (Wildman–Crippen LogP) is 3.92. The van der Waals surface area contributed by atoms with E-state index in [9.17, 15) is 0 Å². The average molecular weight is 235 g/mol. The molecule has 1 rings (SSSR count). The van der Waals surface area contributed by atoms with E-state index >= 15 is 0 Å². The topological polar surface area (TPSA) is 21.3 Å². The molecule has 1 N–H and O–H groups in total. The summed E-state index contributed by atoms with van der Waals surface area (Å²) in [6.07, 6.45) is 2.20. The first-order chi connectivity index (χ1) is 8.17. The quantitative estimate of drug-likeness (QED) is 0.773. The van der Waals surface area contributed by atoms with Gasteiger partial charge >= 0.3 is 0 Å². The third-order valence-corrected chi connectivity index (χ3v) is 2.98. The fourth-order valence-electron chi connectivity index (χ4n) is 1.73.